The number of hydrogen-bond acceptors (Lipinski definition) is 4. The Kier molecular flexibility index (Phi) is 3.94. The molecule has 0 saturated carbocycles. The number of carboxylic acids is 1. The molecule has 0 spiro atoms. The molecule has 1 aliphatic rings. The van der Waals surface area contributed by atoms with Crippen LogP contribution in [0.15, 0.2) is 24.3 Å². The molecule has 0 aromatic heterocycles. The molecular formula is C13H15NO4. The second-order valence-electron chi connectivity index (χ2n) is 4.23. The first-order valence-electron chi connectivity index (χ1n) is 5.86. The Morgan fingerprint density at radius 1 is 1.28 bits per heavy atom. The first kappa shape index (κ1) is 12.6. The number of para-hydroxylation sites is 1. The van der Waals surface area contributed by atoms with Gasteiger partial charge in [-0.3, -0.25) is 9.69 Å². The third-order valence-electron chi connectivity index (χ3n) is 2.93. The molecule has 0 atom stereocenters. The lowest BCUT2D eigenvalue weighted by Crippen LogP contribution is -2.36. The van der Waals surface area contributed by atoms with Gasteiger partial charge in [-0.15, -0.1) is 0 Å². The van der Waals surface area contributed by atoms with E-state index in [0.29, 0.717) is 38.4 Å². The van der Waals surface area contributed by atoms with E-state index in [1.165, 1.54) is 6.07 Å². The van der Waals surface area contributed by atoms with Crippen LogP contribution in [0.25, 0.3) is 0 Å². The highest BCUT2D eigenvalue weighted by molar-refractivity contribution is 5.90. The van der Waals surface area contributed by atoms with Crippen molar-refractivity contribution in [2.24, 2.45) is 0 Å². The topological polar surface area (TPSA) is 66.8 Å². The van der Waals surface area contributed by atoms with Crippen LogP contribution >= 0.6 is 0 Å². The number of Topliss-reactive ketones (excluding diaryl/α,β-unsaturated/α-hetero) is 1. The summed E-state index contributed by atoms with van der Waals surface area (Å²) in [6.45, 7) is 1.67. The SMILES string of the molecule is O=C1CCN(COc2ccccc2C(=O)O)CC1. The van der Waals surface area contributed by atoms with Gasteiger partial charge in [0.05, 0.1) is 0 Å². The van der Waals surface area contributed by atoms with Crippen molar-refractivity contribution in [3.8, 4) is 5.75 Å². The summed E-state index contributed by atoms with van der Waals surface area (Å²) in [7, 11) is 0. The highest BCUT2D eigenvalue weighted by Gasteiger charge is 2.17. The van der Waals surface area contributed by atoms with Gasteiger partial charge in [0, 0.05) is 25.9 Å². The maximum atomic E-state index is 11.1. The van der Waals surface area contributed by atoms with Crippen LogP contribution in [0.3, 0.4) is 0 Å². The summed E-state index contributed by atoms with van der Waals surface area (Å²) in [4.78, 5) is 24.1. The Morgan fingerprint density at radius 3 is 2.61 bits per heavy atom. The van der Waals surface area contributed by atoms with Crippen molar-refractivity contribution in [3.63, 3.8) is 0 Å². The first-order valence-corrected chi connectivity index (χ1v) is 5.86. The lowest BCUT2D eigenvalue weighted by atomic mass is 10.1. The number of hydrogen-bond donors (Lipinski definition) is 1. The van der Waals surface area contributed by atoms with Crippen LogP contribution in [0, 0.1) is 0 Å². The van der Waals surface area contributed by atoms with Crippen LogP contribution in [0.4, 0.5) is 0 Å². The highest BCUT2D eigenvalue weighted by atomic mass is 16.5. The van der Waals surface area contributed by atoms with Crippen molar-refractivity contribution >= 4 is 11.8 Å². The summed E-state index contributed by atoms with van der Waals surface area (Å²) in [5.41, 5.74) is 0.158. The van der Waals surface area contributed by atoms with Gasteiger partial charge in [-0.25, -0.2) is 4.79 Å². The first-order chi connectivity index (χ1) is 8.66. The van der Waals surface area contributed by atoms with Gasteiger partial charge < -0.3 is 9.84 Å². The molecule has 1 fully saturated rings. The summed E-state index contributed by atoms with van der Waals surface area (Å²) in [5, 5.41) is 9.00. The van der Waals surface area contributed by atoms with E-state index in [1.807, 2.05) is 4.90 Å². The van der Waals surface area contributed by atoms with Crippen LogP contribution in [0.2, 0.25) is 0 Å². The van der Waals surface area contributed by atoms with Crippen LogP contribution in [-0.2, 0) is 4.79 Å². The van der Waals surface area contributed by atoms with E-state index in [-0.39, 0.29) is 11.3 Å². The van der Waals surface area contributed by atoms with Crippen molar-refractivity contribution in [1.29, 1.82) is 0 Å². The summed E-state index contributed by atoms with van der Waals surface area (Å²) >= 11 is 0. The van der Waals surface area contributed by atoms with Crippen LogP contribution in [0.5, 0.6) is 5.75 Å². The van der Waals surface area contributed by atoms with E-state index in [9.17, 15) is 9.59 Å². The monoisotopic (exact) mass is 249 g/mol. The summed E-state index contributed by atoms with van der Waals surface area (Å²) in [6.07, 6.45) is 1.09. The van der Waals surface area contributed by atoms with Gasteiger partial charge in [0.15, 0.2) is 0 Å². The van der Waals surface area contributed by atoms with Crippen LogP contribution in [0.1, 0.15) is 23.2 Å². The summed E-state index contributed by atoms with van der Waals surface area (Å²) in [5.74, 6) is -0.362. The maximum absolute atomic E-state index is 11.1. The average molecular weight is 249 g/mol. The summed E-state index contributed by atoms with van der Waals surface area (Å²) < 4.78 is 5.51. The van der Waals surface area contributed by atoms with E-state index in [2.05, 4.69) is 0 Å². The fraction of sp³-hybridized carbons (Fsp3) is 0.385. The molecule has 0 unspecified atom stereocenters. The number of ether oxygens (including phenoxy) is 1. The number of ketones is 1. The zero-order valence-corrected chi connectivity index (χ0v) is 9.96. The minimum Gasteiger partial charge on any atom is -0.478 e. The van der Waals surface area contributed by atoms with Gasteiger partial charge in [0.2, 0.25) is 0 Å². The fourth-order valence-corrected chi connectivity index (χ4v) is 1.86. The molecule has 0 bridgehead atoms. The Balaban J connectivity index is 1.94. The number of likely N-dealkylation sites (tertiary alicyclic amines) is 1. The number of carboxylic acid groups (broad SMARTS) is 1. The molecule has 2 rings (SSSR count). The number of benzene rings is 1. The van der Waals surface area contributed by atoms with Crippen molar-refractivity contribution in [2.75, 3.05) is 19.8 Å². The second kappa shape index (κ2) is 5.64. The molecule has 5 nitrogen and oxygen atoms in total. The third-order valence-corrected chi connectivity index (χ3v) is 2.93. The zero-order chi connectivity index (χ0) is 13.0. The Hall–Kier alpha value is -1.88. The second-order valence-corrected chi connectivity index (χ2v) is 4.23. The number of aromatic carboxylic acids is 1. The lowest BCUT2D eigenvalue weighted by Gasteiger charge is -2.25. The van der Waals surface area contributed by atoms with Crippen LogP contribution < -0.4 is 4.74 Å². The van der Waals surface area contributed by atoms with E-state index in [0.717, 1.165) is 0 Å². The molecule has 1 N–H and O–H groups in total. The smallest absolute Gasteiger partial charge is 0.339 e. The number of nitrogens with zero attached hydrogens (tertiary/aromatic N) is 1. The minimum atomic E-state index is -1.00. The third kappa shape index (κ3) is 3.07. The van der Waals surface area contributed by atoms with Gasteiger partial charge in [0.25, 0.3) is 0 Å². The van der Waals surface area contributed by atoms with E-state index in [4.69, 9.17) is 9.84 Å². The van der Waals surface area contributed by atoms with E-state index in [1.54, 1.807) is 18.2 Å². The molecule has 1 saturated heterocycles. The highest BCUT2D eigenvalue weighted by Crippen LogP contribution is 2.18. The number of carbonyl (C=O) groups excluding carboxylic acids is 1. The van der Waals surface area contributed by atoms with Gasteiger partial charge in [0.1, 0.15) is 23.8 Å². The predicted molar refractivity (Wildman–Crippen MR) is 64.7 cm³/mol. The Labute approximate surface area is 105 Å². The largest absolute Gasteiger partial charge is 0.478 e. The molecular weight excluding hydrogens is 234 g/mol. The minimum absolute atomic E-state index is 0.158. The van der Waals surface area contributed by atoms with Crippen molar-refractivity contribution in [3.05, 3.63) is 29.8 Å². The molecule has 0 aliphatic carbocycles. The van der Waals surface area contributed by atoms with Crippen molar-refractivity contribution < 1.29 is 19.4 Å². The number of carbonyl (C=O) groups is 2. The molecule has 1 heterocycles. The number of rotatable bonds is 4. The molecule has 0 radical (unpaired) electrons. The van der Waals surface area contributed by atoms with Gasteiger partial charge in [-0.2, -0.15) is 0 Å². The quantitative estimate of drug-likeness (QED) is 0.873. The molecule has 96 valence electrons. The standard InChI is InChI=1S/C13H15NO4/c15-10-5-7-14(8-6-10)9-18-12-4-2-1-3-11(12)13(16)17/h1-4H,5-9H2,(H,16,17). The zero-order valence-electron chi connectivity index (χ0n) is 9.96. The molecule has 1 aromatic carbocycles. The van der Waals surface area contributed by atoms with Gasteiger partial charge in [-0.05, 0) is 12.1 Å². The van der Waals surface area contributed by atoms with E-state index < -0.39 is 5.97 Å². The number of piperidine rings is 1. The lowest BCUT2D eigenvalue weighted by molar-refractivity contribution is -0.122. The molecule has 0 amide bonds. The van der Waals surface area contributed by atoms with Gasteiger partial charge >= 0.3 is 5.97 Å². The average Bonchev–Trinajstić information content (AvgIpc) is 2.38. The Bertz CT molecular complexity index is 448. The van der Waals surface area contributed by atoms with Crippen LogP contribution in [-0.4, -0.2) is 41.6 Å². The van der Waals surface area contributed by atoms with Crippen molar-refractivity contribution in [1.82, 2.24) is 4.90 Å². The molecule has 5 heteroatoms. The van der Waals surface area contributed by atoms with Gasteiger partial charge in [-0.1, -0.05) is 12.1 Å². The predicted octanol–water partition coefficient (Wildman–Crippen LogP) is 1.39. The molecule has 1 aliphatic heterocycles. The normalized spacial score (nSPS) is 16.6. The van der Waals surface area contributed by atoms with E-state index >= 15 is 0 Å². The van der Waals surface area contributed by atoms with Crippen molar-refractivity contribution in [2.45, 2.75) is 12.8 Å². The Morgan fingerprint density at radius 2 is 1.94 bits per heavy atom. The molecule has 1 aromatic rings. The maximum Gasteiger partial charge on any atom is 0.339 e. The fourth-order valence-electron chi connectivity index (χ4n) is 1.86. The summed E-state index contributed by atoms with van der Waals surface area (Å²) in [6, 6.07) is 6.55. The molecule has 18 heavy (non-hydrogen) atoms.